The van der Waals surface area contributed by atoms with Crippen molar-refractivity contribution in [1.29, 1.82) is 0 Å². The summed E-state index contributed by atoms with van der Waals surface area (Å²) in [6, 6.07) is 57.5. The first kappa shape index (κ1) is 27.8. The molecule has 0 bridgehead atoms. The molecule has 0 radical (unpaired) electrons. The third-order valence-electron chi connectivity index (χ3n) is 10.5. The van der Waals surface area contributed by atoms with Crippen molar-refractivity contribution in [2.24, 2.45) is 0 Å². The van der Waals surface area contributed by atoms with Crippen LogP contribution in [0, 0.1) is 6.92 Å². The average molecular weight is 656 g/mol. The van der Waals surface area contributed by atoms with E-state index < -0.39 is 0 Å². The zero-order valence-electron chi connectivity index (χ0n) is 27.3. The van der Waals surface area contributed by atoms with Gasteiger partial charge in [-0.2, -0.15) is 0 Å². The standard InChI is InChI=1S/C47H29NOS/c1-28-11-2-8-18-39(28)48(40-19-10-17-37-34-16-7-9-20-41(34)49-47(37)40)30-22-23-36-38(27-30)33-15-6-5-14-32(33)35-24-26-43-46(44(35)36)45-31-13-4-3-12-29(31)21-25-42(45)50-43/h2-27H,1H3. The molecule has 234 valence electrons. The number of hydrogen-bond donors (Lipinski definition) is 0. The van der Waals surface area contributed by atoms with Crippen molar-refractivity contribution in [3.05, 3.63) is 163 Å². The van der Waals surface area contributed by atoms with Gasteiger partial charge in [0, 0.05) is 42.3 Å². The van der Waals surface area contributed by atoms with Crippen molar-refractivity contribution in [2.45, 2.75) is 6.92 Å². The first-order valence-corrected chi connectivity index (χ1v) is 17.9. The van der Waals surface area contributed by atoms with E-state index in [1.807, 2.05) is 17.4 Å². The molecule has 0 N–H and O–H groups in total. The van der Waals surface area contributed by atoms with Gasteiger partial charge in [0.1, 0.15) is 5.58 Å². The topological polar surface area (TPSA) is 16.4 Å². The average Bonchev–Trinajstić information content (AvgIpc) is 3.75. The molecule has 3 heteroatoms. The van der Waals surface area contributed by atoms with Crippen LogP contribution in [-0.2, 0) is 0 Å². The first-order chi connectivity index (χ1) is 24.7. The van der Waals surface area contributed by atoms with E-state index in [0.29, 0.717) is 0 Å². The van der Waals surface area contributed by atoms with Crippen molar-refractivity contribution >= 4 is 114 Å². The Labute approximate surface area is 292 Å². The zero-order chi connectivity index (χ0) is 32.9. The molecule has 0 atom stereocenters. The molecule has 0 amide bonds. The summed E-state index contributed by atoms with van der Waals surface area (Å²) in [5.41, 5.74) is 6.23. The highest BCUT2D eigenvalue weighted by Gasteiger charge is 2.22. The molecule has 50 heavy (non-hydrogen) atoms. The molecule has 9 aromatic carbocycles. The number of aryl methyl sites for hydroxylation is 1. The molecular weight excluding hydrogens is 627 g/mol. The fourth-order valence-electron chi connectivity index (χ4n) is 8.33. The molecule has 11 rings (SSSR count). The van der Waals surface area contributed by atoms with Crippen molar-refractivity contribution in [2.75, 3.05) is 4.90 Å². The molecule has 0 aliphatic rings. The van der Waals surface area contributed by atoms with Crippen LogP contribution in [-0.4, -0.2) is 0 Å². The summed E-state index contributed by atoms with van der Waals surface area (Å²) in [4.78, 5) is 2.38. The van der Waals surface area contributed by atoms with Crippen LogP contribution in [0.3, 0.4) is 0 Å². The first-order valence-electron chi connectivity index (χ1n) is 17.1. The van der Waals surface area contributed by atoms with Crippen molar-refractivity contribution in [3.8, 4) is 0 Å². The molecule has 0 fully saturated rings. The van der Waals surface area contributed by atoms with E-state index >= 15 is 0 Å². The van der Waals surface area contributed by atoms with Gasteiger partial charge >= 0.3 is 0 Å². The second-order valence-electron chi connectivity index (χ2n) is 13.3. The van der Waals surface area contributed by atoms with E-state index in [2.05, 4.69) is 163 Å². The van der Waals surface area contributed by atoms with Gasteiger partial charge in [-0.15, -0.1) is 11.3 Å². The lowest BCUT2D eigenvalue weighted by molar-refractivity contribution is 0.669. The number of nitrogens with zero attached hydrogens (tertiary/aromatic N) is 1. The van der Waals surface area contributed by atoms with E-state index in [4.69, 9.17) is 4.42 Å². The minimum absolute atomic E-state index is 0.888. The number of para-hydroxylation sites is 3. The van der Waals surface area contributed by atoms with Gasteiger partial charge in [0.2, 0.25) is 0 Å². The summed E-state index contributed by atoms with van der Waals surface area (Å²) in [5, 5.41) is 15.2. The van der Waals surface area contributed by atoms with Gasteiger partial charge in [0.25, 0.3) is 0 Å². The molecule has 2 aromatic heterocycles. The van der Waals surface area contributed by atoms with Crippen LogP contribution in [0.1, 0.15) is 5.56 Å². The molecule has 2 nitrogen and oxygen atoms in total. The quantitative estimate of drug-likeness (QED) is 0.176. The maximum Gasteiger partial charge on any atom is 0.159 e. The number of benzene rings is 9. The zero-order valence-corrected chi connectivity index (χ0v) is 28.1. The van der Waals surface area contributed by atoms with Crippen molar-refractivity contribution in [3.63, 3.8) is 0 Å². The van der Waals surface area contributed by atoms with E-state index in [0.717, 1.165) is 39.0 Å². The molecule has 0 unspecified atom stereocenters. The number of anilines is 3. The molecule has 0 aliphatic heterocycles. The predicted octanol–water partition coefficient (Wildman–Crippen LogP) is 14.3. The highest BCUT2D eigenvalue weighted by Crippen LogP contribution is 2.48. The molecule has 0 saturated heterocycles. The Balaban J connectivity index is 1.28. The summed E-state index contributed by atoms with van der Waals surface area (Å²) in [5.74, 6) is 0. The van der Waals surface area contributed by atoms with Gasteiger partial charge in [0.15, 0.2) is 5.58 Å². The van der Waals surface area contributed by atoms with E-state index in [9.17, 15) is 0 Å². The summed E-state index contributed by atoms with van der Waals surface area (Å²) in [7, 11) is 0. The number of furan rings is 1. The Kier molecular flexibility index (Phi) is 5.78. The number of thiophene rings is 1. The van der Waals surface area contributed by atoms with Crippen LogP contribution in [0.25, 0.3) is 85.2 Å². The second kappa shape index (κ2) is 10.4. The predicted molar refractivity (Wildman–Crippen MR) is 216 cm³/mol. The Bertz CT molecular complexity index is 3180. The highest BCUT2D eigenvalue weighted by atomic mass is 32.1. The lowest BCUT2D eigenvalue weighted by Crippen LogP contribution is -2.11. The third kappa shape index (κ3) is 3.84. The number of rotatable bonds is 3. The van der Waals surface area contributed by atoms with Gasteiger partial charge in [-0.1, -0.05) is 115 Å². The number of fused-ring (bicyclic) bond motifs is 15. The largest absolute Gasteiger partial charge is 0.454 e. The minimum Gasteiger partial charge on any atom is -0.454 e. The normalized spacial score (nSPS) is 12.1. The second-order valence-corrected chi connectivity index (χ2v) is 14.4. The van der Waals surface area contributed by atoms with Gasteiger partial charge in [-0.3, -0.25) is 0 Å². The Morgan fingerprint density at radius 3 is 1.96 bits per heavy atom. The molecular formula is C47H29NOS. The smallest absolute Gasteiger partial charge is 0.159 e. The van der Waals surface area contributed by atoms with Crippen LogP contribution < -0.4 is 4.90 Å². The Morgan fingerprint density at radius 2 is 1.08 bits per heavy atom. The van der Waals surface area contributed by atoms with Crippen LogP contribution in [0.5, 0.6) is 0 Å². The minimum atomic E-state index is 0.888. The molecule has 0 saturated carbocycles. The Hall–Kier alpha value is -6.16. The summed E-state index contributed by atoms with van der Waals surface area (Å²) >= 11 is 1.89. The number of hydrogen-bond acceptors (Lipinski definition) is 3. The maximum atomic E-state index is 6.64. The van der Waals surface area contributed by atoms with Crippen LogP contribution >= 0.6 is 11.3 Å². The third-order valence-corrected chi connectivity index (χ3v) is 11.7. The van der Waals surface area contributed by atoms with Gasteiger partial charge < -0.3 is 9.32 Å². The van der Waals surface area contributed by atoms with Crippen LogP contribution in [0.4, 0.5) is 17.1 Å². The summed E-state index contributed by atoms with van der Waals surface area (Å²) < 4.78 is 9.29. The summed E-state index contributed by atoms with van der Waals surface area (Å²) in [6.45, 7) is 2.19. The maximum absolute atomic E-state index is 6.64. The van der Waals surface area contributed by atoms with Gasteiger partial charge in [-0.05, 0) is 98.0 Å². The molecule has 0 spiro atoms. The van der Waals surface area contributed by atoms with Crippen molar-refractivity contribution < 1.29 is 4.42 Å². The van der Waals surface area contributed by atoms with Gasteiger partial charge in [-0.25, -0.2) is 0 Å². The monoisotopic (exact) mass is 655 g/mol. The van der Waals surface area contributed by atoms with Crippen molar-refractivity contribution in [1.82, 2.24) is 0 Å². The van der Waals surface area contributed by atoms with E-state index in [-0.39, 0.29) is 0 Å². The molecule has 0 aliphatic carbocycles. The lowest BCUT2D eigenvalue weighted by atomic mass is 9.90. The fourth-order valence-corrected chi connectivity index (χ4v) is 9.46. The SMILES string of the molecule is Cc1ccccc1N(c1ccc2c(c1)c1ccccc1c1ccc3sc4ccc5ccccc5c4c3c12)c1cccc2c1oc1ccccc12. The highest BCUT2D eigenvalue weighted by molar-refractivity contribution is 7.26. The molecule has 2 heterocycles. The van der Waals surface area contributed by atoms with Crippen LogP contribution in [0.15, 0.2) is 162 Å². The Morgan fingerprint density at radius 1 is 0.440 bits per heavy atom. The summed E-state index contributed by atoms with van der Waals surface area (Å²) in [6.07, 6.45) is 0. The molecule has 11 aromatic rings. The fraction of sp³-hybridized carbons (Fsp3) is 0.0213. The van der Waals surface area contributed by atoms with Gasteiger partial charge in [0.05, 0.1) is 5.69 Å². The lowest BCUT2D eigenvalue weighted by Gasteiger charge is -2.27. The van der Waals surface area contributed by atoms with E-state index in [1.54, 1.807) is 0 Å². The van der Waals surface area contributed by atoms with E-state index in [1.165, 1.54) is 68.8 Å². The van der Waals surface area contributed by atoms with Crippen LogP contribution in [0.2, 0.25) is 0 Å².